The van der Waals surface area contributed by atoms with E-state index in [9.17, 15) is 4.79 Å². The first-order valence-electron chi connectivity index (χ1n) is 2.65. The Balaban J connectivity index is 3.26. The summed E-state index contributed by atoms with van der Waals surface area (Å²) >= 11 is 1.63. The second-order valence-corrected chi connectivity index (χ2v) is 2.72. The van der Waals surface area contributed by atoms with Crippen molar-refractivity contribution in [2.45, 2.75) is 13.0 Å². The van der Waals surface area contributed by atoms with Gasteiger partial charge in [-0.25, -0.2) is 4.79 Å². The normalized spacial score (nSPS) is 12.7. The molecular formula is C5H11NO2S. The standard InChI is InChI=1S/C5H11NO2S/c1-4(3-9-2)6-5(7)8/h4,6H,3H2,1-2H3,(H,7,8)/t4-/m1/s1. The fourth-order valence-corrected chi connectivity index (χ4v) is 1.09. The number of thioether (sulfide) groups is 1. The molecule has 0 aromatic heterocycles. The van der Waals surface area contributed by atoms with E-state index in [4.69, 9.17) is 5.11 Å². The van der Waals surface area contributed by atoms with Gasteiger partial charge < -0.3 is 10.4 Å². The van der Waals surface area contributed by atoms with Crippen LogP contribution in [0.1, 0.15) is 6.92 Å². The van der Waals surface area contributed by atoms with Crippen molar-refractivity contribution < 1.29 is 9.90 Å². The minimum Gasteiger partial charge on any atom is -0.465 e. The van der Waals surface area contributed by atoms with Gasteiger partial charge in [-0.15, -0.1) is 0 Å². The third-order valence-corrected chi connectivity index (χ3v) is 1.62. The highest BCUT2D eigenvalue weighted by Crippen LogP contribution is 1.94. The van der Waals surface area contributed by atoms with Crippen LogP contribution in [-0.4, -0.2) is 29.3 Å². The average molecular weight is 149 g/mol. The fourth-order valence-electron chi connectivity index (χ4n) is 0.502. The lowest BCUT2D eigenvalue weighted by Gasteiger charge is -2.07. The van der Waals surface area contributed by atoms with Crippen LogP contribution in [0.2, 0.25) is 0 Å². The van der Waals surface area contributed by atoms with Crippen molar-refractivity contribution in [1.82, 2.24) is 5.32 Å². The van der Waals surface area contributed by atoms with E-state index >= 15 is 0 Å². The zero-order valence-corrected chi connectivity index (χ0v) is 6.36. The summed E-state index contributed by atoms with van der Waals surface area (Å²) in [5, 5.41) is 10.5. The highest BCUT2D eigenvalue weighted by atomic mass is 32.2. The Kier molecular flexibility index (Phi) is 4.30. The Morgan fingerprint density at radius 3 is 2.78 bits per heavy atom. The fraction of sp³-hybridized carbons (Fsp3) is 0.800. The first kappa shape index (κ1) is 8.62. The van der Waals surface area contributed by atoms with Gasteiger partial charge in [0.2, 0.25) is 0 Å². The Morgan fingerprint density at radius 2 is 2.44 bits per heavy atom. The van der Waals surface area contributed by atoms with Crippen molar-refractivity contribution in [3.63, 3.8) is 0 Å². The molecule has 0 spiro atoms. The van der Waals surface area contributed by atoms with E-state index in [0.29, 0.717) is 0 Å². The molecule has 0 radical (unpaired) electrons. The molecule has 0 saturated heterocycles. The number of carbonyl (C=O) groups is 1. The third kappa shape index (κ3) is 5.49. The predicted octanol–water partition coefficient (Wildman–Crippen LogP) is 1.01. The molecule has 0 aromatic rings. The summed E-state index contributed by atoms with van der Waals surface area (Å²) in [5.41, 5.74) is 0. The first-order chi connectivity index (χ1) is 4.16. The van der Waals surface area contributed by atoms with E-state index in [1.165, 1.54) is 0 Å². The molecule has 0 heterocycles. The van der Waals surface area contributed by atoms with Crippen LogP contribution in [0.4, 0.5) is 4.79 Å². The lowest BCUT2D eigenvalue weighted by Crippen LogP contribution is -2.32. The maximum absolute atomic E-state index is 9.96. The molecule has 0 fully saturated rings. The Labute approximate surface area is 58.8 Å². The van der Waals surface area contributed by atoms with Crippen molar-refractivity contribution in [2.24, 2.45) is 0 Å². The maximum atomic E-state index is 9.96. The Morgan fingerprint density at radius 1 is 1.89 bits per heavy atom. The van der Waals surface area contributed by atoms with E-state index in [1.807, 2.05) is 13.2 Å². The molecular weight excluding hydrogens is 138 g/mol. The van der Waals surface area contributed by atoms with Gasteiger partial charge in [0, 0.05) is 11.8 Å². The Bertz CT molecular complexity index is 97.0. The predicted molar refractivity (Wildman–Crippen MR) is 39.0 cm³/mol. The maximum Gasteiger partial charge on any atom is 0.404 e. The largest absolute Gasteiger partial charge is 0.465 e. The van der Waals surface area contributed by atoms with Crippen LogP contribution in [0.15, 0.2) is 0 Å². The first-order valence-corrected chi connectivity index (χ1v) is 4.04. The van der Waals surface area contributed by atoms with Gasteiger partial charge in [0.05, 0.1) is 0 Å². The van der Waals surface area contributed by atoms with Crippen molar-refractivity contribution in [3.05, 3.63) is 0 Å². The zero-order chi connectivity index (χ0) is 7.28. The van der Waals surface area contributed by atoms with E-state index < -0.39 is 6.09 Å². The van der Waals surface area contributed by atoms with Crippen LogP contribution in [0, 0.1) is 0 Å². The van der Waals surface area contributed by atoms with Gasteiger partial charge in [-0.3, -0.25) is 0 Å². The topological polar surface area (TPSA) is 49.3 Å². The molecule has 0 saturated carbocycles. The lowest BCUT2D eigenvalue weighted by atomic mass is 10.4. The highest BCUT2D eigenvalue weighted by Gasteiger charge is 2.01. The number of hydrogen-bond acceptors (Lipinski definition) is 2. The minimum atomic E-state index is -0.948. The van der Waals surface area contributed by atoms with Crippen LogP contribution in [0.25, 0.3) is 0 Å². The average Bonchev–Trinajstić information content (AvgIpc) is 1.63. The molecule has 3 nitrogen and oxygen atoms in total. The lowest BCUT2D eigenvalue weighted by molar-refractivity contribution is 0.192. The molecule has 1 atom stereocenters. The molecule has 0 unspecified atom stereocenters. The van der Waals surface area contributed by atoms with Gasteiger partial charge in [0.25, 0.3) is 0 Å². The summed E-state index contributed by atoms with van der Waals surface area (Å²) in [4.78, 5) is 9.96. The van der Waals surface area contributed by atoms with Gasteiger partial charge in [0.15, 0.2) is 0 Å². The molecule has 0 aliphatic carbocycles. The van der Waals surface area contributed by atoms with Crippen molar-refractivity contribution in [2.75, 3.05) is 12.0 Å². The van der Waals surface area contributed by atoms with Crippen molar-refractivity contribution >= 4 is 17.9 Å². The molecule has 0 aliphatic heterocycles. The van der Waals surface area contributed by atoms with Gasteiger partial charge in [-0.1, -0.05) is 0 Å². The summed E-state index contributed by atoms with van der Waals surface area (Å²) in [6, 6.07) is 0.0532. The number of carboxylic acid groups (broad SMARTS) is 1. The molecule has 9 heavy (non-hydrogen) atoms. The van der Waals surface area contributed by atoms with E-state index in [-0.39, 0.29) is 6.04 Å². The van der Waals surface area contributed by atoms with Gasteiger partial charge in [-0.05, 0) is 13.2 Å². The van der Waals surface area contributed by atoms with Gasteiger partial charge >= 0.3 is 6.09 Å². The number of amides is 1. The van der Waals surface area contributed by atoms with Crippen LogP contribution in [-0.2, 0) is 0 Å². The smallest absolute Gasteiger partial charge is 0.404 e. The SMILES string of the molecule is CSC[C@@H](C)NC(=O)O. The molecule has 0 aromatic carbocycles. The minimum absolute atomic E-state index is 0.0532. The summed E-state index contributed by atoms with van der Waals surface area (Å²) in [7, 11) is 0. The Hall–Kier alpha value is -0.380. The monoisotopic (exact) mass is 149 g/mol. The number of nitrogens with one attached hydrogen (secondary N) is 1. The zero-order valence-electron chi connectivity index (χ0n) is 5.55. The molecule has 0 rings (SSSR count). The van der Waals surface area contributed by atoms with Crippen LogP contribution < -0.4 is 5.32 Å². The van der Waals surface area contributed by atoms with Crippen LogP contribution in [0.5, 0.6) is 0 Å². The van der Waals surface area contributed by atoms with Crippen molar-refractivity contribution in [1.29, 1.82) is 0 Å². The van der Waals surface area contributed by atoms with E-state index in [2.05, 4.69) is 5.32 Å². The van der Waals surface area contributed by atoms with Gasteiger partial charge in [-0.2, -0.15) is 11.8 Å². The summed E-state index contributed by atoms with van der Waals surface area (Å²) in [6.45, 7) is 1.84. The van der Waals surface area contributed by atoms with Crippen LogP contribution in [0.3, 0.4) is 0 Å². The van der Waals surface area contributed by atoms with Crippen molar-refractivity contribution in [3.8, 4) is 0 Å². The van der Waals surface area contributed by atoms with Crippen LogP contribution >= 0.6 is 11.8 Å². The second-order valence-electron chi connectivity index (χ2n) is 1.81. The molecule has 1 amide bonds. The molecule has 4 heteroatoms. The second kappa shape index (κ2) is 4.49. The molecule has 0 bridgehead atoms. The quantitative estimate of drug-likeness (QED) is 0.629. The molecule has 0 aliphatic rings. The van der Waals surface area contributed by atoms with E-state index in [1.54, 1.807) is 11.8 Å². The number of rotatable bonds is 3. The van der Waals surface area contributed by atoms with Gasteiger partial charge in [0.1, 0.15) is 0 Å². The summed E-state index contributed by atoms with van der Waals surface area (Å²) < 4.78 is 0. The number of hydrogen-bond donors (Lipinski definition) is 2. The highest BCUT2D eigenvalue weighted by molar-refractivity contribution is 7.98. The third-order valence-electron chi connectivity index (χ3n) is 0.787. The van der Waals surface area contributed by atoms with E-state index in [0.717, 1.165) is 5.75 Å². The summed E-state index contributed by atoms with van der Waals surface area (Å²) in [5.74, 6) is 0.826. The molecule has 54 valence electrons. The summed E-state index contributed by atoms with van der Waals surface area (Å²) in [6.07, 6.45) is 0.997. The molecule has 2 N–H and O–H groups in total.